The van der Waals surface area contributed by atoms with Crippen molar-refractivity contribution >= 4 is 22.6 Å². The number of likely N-dealkylation sites (tertiary alicyclic amines) is 1. The van der Waals surface area contributed by atoms with Crippen molar-refractivity contribution in [1.29, 1.82) is 0 Å². The summed E-state index contributed by atoms with van der Waals surface area (Å²) in [5.41, 5.74) is 6.30. The Labute approximate surface area is 310 Å². The minimum Gasteiger partial charge on any atom is -0.486 e. The van der Waals surface area contributed by atoms with Crippen LogP contribution < -0.4 is 4.74 Å². The van der Waals surface area contributed by atoms with Crippen LogP contribution in [0, 0.1) is 12.8 Å². The van der Waals surface area contributed by atoms with E-state index in [4.69, 9.17) is 21.3 Å². The molecule has 2 saturated heterocycles. The van der Waals surface area contributed by atoms with Crippen LogP contribution in [0.5, 0.6) is 5.75 Å². The molecule has 7 rings (SSSR count). The summed E-state index contributed by atoms with van der Waals surface area (Å²) in [6.07, 6.45) is 7.68. The Bertz CT molecular complexity index is 1740. The van der Waals surface area contributed by atoms with Gasteiger partial charge in [0.05, 0.1) is 17.1 Å². The van der Waals surface area contributed by atoms with E-state index >= 15 is 0 Å². The van der Waals surface area contributed by atoms with Gasteiger partial charge in [0.2, 0.25) is 0 Å². The number of para-hydroxylation sites is 1. The van der Waals surface area contributed by atoms with Crippen molar-refractivity contribution in [1.82, 2.24) is 24.3 Å². The number of piperidine rings is 1. The lowest BCUT2D eigenvalue weighted by Crippen LogP contribution is -2.48. The molecule has 7 heteroatoms. The molecule has 2 aliphatic heterocycles. The van der Waals surface area contributed by atoms with Crippen LogP contribution in [0.25, 0.3) is 11.0 Å². The zero-order chi connectivity index (χ0) is 34.8. The summed E-state index contributed by atoms with van der Waals surface area (Å²) in [5, 5.41) is 0.716. The molecule has 3 heterocycles. The number of piperazine rings is 1. The highest BCUT2D eigenvalue weighted by molar-refractivity contribution is 6.30. The van der Waals surface area contributed by atoms with E-state index in [-0.39, 0.29) is 0 Å². The Kier molecular flexibility index (Phi) is 12.4. The highest BCUT2D eigenvalue weighted by atomic mass is 35.5. The predicted molar refractivity (Wildman–Crippen MR) is 211 cm³/mol. The first kappa shape index (κ1) is 35.7. The molecule has 0 radical (unpaired) electrons. The maximum Gasteiger partial charge on any atom is 0.148 e. The van der Waals surface area contributed by atoms with E-state index in [0.29, 0.717) is 17.7 Å². The van der Waals surface area contributed by atoms with Crippen molar-refractivity contribution in [2.24, 2.45) is 5.92 Å². The van der Waals surface area contributed by atoms with E-state index < -0.39 is 0 Å². The first-order valence-corrected chi connectivity index (χ1v) is 19.6. The second kappa shape index (κ2) is 17.7. The lowest BCUT2D eigenvalue weighted by atomic mass is 9.92. The van der Waals surface area contributed by atoms with Crippen LogP contribution in [-0.2, 0) is 13.2 Å². The Balaban J connectivity index is 0.810. The van der Waals surface area contributed by atoms with Crippen LogP contribution in [0.4, 0.5) is 0 Å². The maximum absolute atomic E-state index is 6.13. The lowest BCUT2D eigenvalue weighted by molar-refractivity contribution is 0.106. The van der Waals surface area contributed by atoms with E-state index in [2.05, 4.69) is 105 Å². The Morgan fingerprint density at radius 3 is 1.96 bits per heavy atom. The highest BCUT2D eigenvalue weighted by Gasteiger charge is 2.26. The van der Waals surface area contributed by atoms with Crippen molar-refractivity contribution in [3.8, 4) is 5.75 Å². The van der Waals surface area contributed by atoms with Crippen LogP contribution in [0.3, 0.4) is 0 Å². The second-order valence-electron chi connectivity index (χ2n) is 14.6. The normalized spacial score (nSPS) is 16.7. The quantitative estimate of drug-likeness (QED) is 0.102. The van der Waals surface area contributed by atoms with Gasteiger partial charge in [0, 0.05) is 37.7 Å². The number of hydrogen-bond acceptors (Lipinski definition) is 5. The van der Waals surface area contributed by atoms with Gasteiger partial charge in [-0.25, -0.2) is 4.98 Å². The zero-order valence-electron chi connectivity index (χ0n) is 30.3. The van der Waals surface area contributed by atoms with Crippen molar-refractivity contribution in [2.75, 3.05) is 52.4 Å². The molecule has 1 aromatic heterocycles. The summed E-state index contributed by atoms with van der Waals surface area (Å²) in [4.78, 5) is 13.1. The molecule has 4 aromatic carbocycles. The minimum absolute atomic E-state index is 0.338. The SMILES string of the molecule is Cc1cccc2c1nc(COc1ccc(Cl)cc1)n2CCCC1CCN(CCCCN2CCN(C(c3ccccc3)c3ccccc3)CC2)CC1. The zero-order valence-corrected chi connectivity index (χ0v) is 31.1. The maximum atomic E-state index is 6.13. The third-order valence-electron chi connectivity index (χ3n) is 11.1. The van der Waals surface area contributed by atoms with Crippen molar-refractivity contribution in [2.45, 2.75) is 64.6 Å². The van der Waals surface area contributed by atoms with Crippen molar-refractivity contribution in [3.05, 3.63) is 131 Å². The van der Waals surface area contributed by atoms with Crippen molar-refractivity contribution in [3.63, 3.8) is 0 Å². The number of aromatic nitrogens is 2. The number of halogens is 1. The Morgan fingerprint density at radius 1 is 0.686 bits per heavy atom. The van der Waals surface area contributed by atoms with Crippen LogP contribution in [0.15, 0.2) is 103 Å². The van der Waals surface area contributed by atoms with E-state index in [0.717, 1.165) is 55.7 Å². The molecule has 6 nitrogen and oxygen atoms in total. The number of hydrogen-bond donors (Lipinski definition) is 0. The number of nitrogens with zero attached hydrogens (tertiary/aromatic N) is 5. The van der Waals surface area contributed by atoms with Crippen LogP contribution in [-0.4, -0.2) is 76.6 Å². The molecule has 0 N–H and O–H groups in total. The Morgan fingerprint density at radius 2 is 1.31 bits per heavy atom. The van der Waals surface area contributed by atoms with Gasteiger partial charge in [-0.2, -0.15) is 0 Å². The molecule has 0 spiro atoms. The molecule has 0 aliphatic carbocycles. The number of benzene rings is 4. The van der Waals surface area contributed by atoms with Crippen molar-refractivity contribution < 1.29 is 4.74 Å². The molecule has 0 atom stereocenters. The minimum atomic E-state index is 0.338. The number of ether oxygens (including phenoxy) is 1. The first-order valence-electron chi connectivity index (χ1n) is 19.2. The fraction of sp³-hybridized carbons (Fsp3) is 0.432. The van der Waals surface area contributed by atoms with Crippen LogP contribution in [0.2, 0.25) is 5.02 Å². The molecule has 268 valence electrons. The van der Waals surface area contributed by atoms with Gasteiger partial charge in [-0.3, -0.25) is 4.90 Å². The smallest absolute Gasteiger partial charge is 0.148 e. The Hall–Kier alpha value is -3.68. The van der Waals surface area contributed by atoms with Gasteiger partial charge in [0.25, 0.3) is 0 Å². The molecule has 0 saturated carbocycles. The number of aryl methyl sites for hydroxylation is 2. The molecule has 0 bridgehead atoms. The molecule has 0 unspecified atom stereocenters. The largest absolute Gasteiger partial charge is 0.486 e. The first-order chi connectivity index (χ1) is 25.1. The van der Waals surface area contributed by atoms with Gasteiger partial charge in [-0.05, 0) is 125 Å². The number of unbranched alkanes of at least 4 members (excludes halogenated alkanes) is 1. The molecule has 51 heavy (non-hydrogen) atoms. The van der Waals surface area contributed by atoms with Gasteiger partial charge >= 0.3 is 0 Å². The lowest BCUT2D eigenvalue weighted by Gasteiger charge is -2.40. The van der Waals surface area contributed by atoms with Gasteiger partial charge < -0.3 is 19.1 Å². The standard InChI is InChI=1S/C44H54ClN5O/c1-35-12-10-18-41-43(35)46-42(34-51-40-21-19-39(45)20-22-40)50(41)27-11-13-36-23-28-47(29-24-36)25-8-9-26-48-30-32-49(33-31-48)44(37-14-4-2-5-15-37)38-16-6-3-7-17-38/h2-7,10,12,14-22,36,44H,8-9,11,13,23-34H2,1H3. The number of imidazole rings is 1. The molecular weight excluding hydrogens is 650 g/mol. The monoisotopic (exact) mass is 703 g/mol. The topological polar surface area (TPSA) is 36.8 Å². The predicted octanol–water partition coefficient (Wildman–Crippen LogP) is 9.26. The molecular formula is C44H54ClN5O. The fourth-order valence-corrected chi connectivity index (χ4v) is 8.34. The summed E-state index contributed by atoms with van der Waals surface area (Å²) < 4.78 is 8.52. The van der Waals surface area contributed by atoms with E-state index in [1.54, 1.807) is 0 Å². The summed E-state index contributed by atoms with van der Waals surface area (Å²) in [5.74, 6) is 2.63. The van der Waals surface area contributed by atoms with Crippen LogP contribution >= 0.6 is 11.6 Å². The van der Waals surface area contributed by atoms with Gasteiger partial charge in [-0.15, -0.1) is 0 Å². The van der Waals surface area contributed by atoms with E-state index in [9.17, 15) is 0 Å². The molecule has 0 amide bonds. The van der Waals surface area contributed by atoms with Gasteiger partial charge in [0.1, 0.15) is 18.2 Å². The number of rotatable bonds is 15. The summed E-state index contributed by atoms with van der Waals surface area (Å²) in [7, 11) is 0. The van der Waals surface area contributed by atoms with E-state index in [1.807, 2.05) is 24.3 Å². The third kappa shape index (κ3) is 9.41. The molecule has 2 fully saturated rings. The summed E-state index contributed by atoms with van der Waals surface area (Å²) >= 11 is 6.07. The summed E-state index contributed by atoms with van der Waals surface area (Å²) in [6, 6.07) is 36.5. The van der Waals surface area contributed by atoms with Crippen LogP contribution in [0.1, 0.15) is 67.1 Å². The summed E-state index contributed by atoms with van der Waals surface area (Å²) in [6.45, 7) is 13.1. The third-order valence-corrected chi connectivity index (χ3v) is 11.4. The second-order valence-corrected chi connectivity index (χ2v) is 15.0. The molecule has 2 aliphatic rings. The number of fused-ring (bicyclic) bond motifs is 1. The van der Waals surface area contributed by atoms with E-state index in [1.165, 1.54) is 86.9 Å². The molecule has 5 aromatic rings. The highest BCUT2D eigenvalue weighted by Crippen LogP contribution is 2.30. The fourth-order valence-electron chi connectivity index (χ4n) is 8.21. The average Bonchev–Trinajstić information content (AvgIpc) is 3.53. The van der Waals surface area contributed by atoms with Gasteiger partial charge in [0.15, 0.2) is 0 Å². The van der Waals surface area contributed by atoms with Gasteiger partial charge in [-0.1, -0.05) is 84.4 Å². The average molecular weight is 704 g/mol.